The van der Waals surface area contributed by atoms with Gasteiger partial charge >= 0.3 is 0 Å². The topological polar surface area (TPSA) is 24.5 Å². The van der Waals surface area contributed by atoms with E-state index in [1.807, 2.05) is 25.1 Å². The third kappa shape index (κ3) is 5.00. The molecule has 0 saturated heterocycles. The number of benzene rings is 2. The molecule has 0 amide bonds. The molecular weight excluding hydrogens is 422 g/mol. The molecule has 156 valence electrons. The van der Waals surface area contributed by atoms with Gasteiger partial charge in [0, 0.05) is 21.7 Å². The lowest BCUT2D eigenvalue weighted by Gasteiger charge is -2.30. The molecule has 1 aliphatic carbocycles. The summed E-state index contributed by atoms with van der Waals surface area (Å²) in [5, 5.41) is 2.43. The Kier molecular flexibility index (Phi) is 6.07. The summed E-state index contributed by atoms with van der Waals surface area (Å²) in [6.45, 7) is 5.92. The van der Waals surface area contributed by atoms with Crippen molar-refractivity contribution in [1.29, 1.82) is 0 Å². The van der Waals surface area contributed by atoms with Gasteiger partial charge in [-0.15, -0.1) is 0 Å². The Morgan fingerprint density at radius 2 is 2.07 bits per heavy atom. The van der Waals surface area contributed by atoms with Gasteiger partial charge in [-0.3, -0.25) is 10.4 Å². The van der Waals surface area contributed by atoms with Crippen molar-refractivity contribution in [2.45, 2.75) is 31.9 Å². The zero-order chi connectivity index (χ0) is 21.3. The first-order valence-electron chi connectivity index (χ1n) is 9.88. The molecule has 1 saturated carbocycles. The van der Waals surface area contributed by atoms with Crippen molar-refractivity contribution < 1.29 is 9.13 Å². The Labute approximate surface area is 186 Å². The van der Waals surface area contributed by atoms with Gasteiger partial charge in [-0.1, -0.05) is 48.0 Å². The van der Waals surface area contributed by atoms with Crippen LogP contribution in [0.4, 0.5) is 4.39 Å². The molecular formula is C24H23Cl2FN2O. The lowest BCUT2D eigenvalue weighted by molar-refractivity contribution is 0.198. The van der Waals surface area contributed by atoms with Crippen LogP contribution in [0, 0.1) is 0 Å². The van der Waals surface area contributed by atoms with Gasteiger partial charge in [-0.2, -0.15) is 0 Å². The van der Waals surface area contributed by atoms with Crippen molar-refractivity contribution in [1.82, 2.24) is 10.4 Å². The van der Waals surface area contributed by atoms with Crippen molar-refractivity contribution in [2.75, 3.05) is 6.54 Å². The minimum Gasteiger partial charge on any atom is -0.456 e. The van der Waals surface area contributed by atoms with E-state index in [1.54, 1.807) is 29.4 Å². The van der Waals surface area contributed by atoms with E-state index in [0.717, 1.165) is 17.0 Å². The molecule has 1 atom stereocenters. The fraction of sp³-hybridized carbons (Fsp3) is 0.250. The molecule has 4 rings (SSSR count). The first-order valence-corrected chi connectivity index (χ1v) is 10.6. The van der Waals surface area contributed by atoms with Gasteiger partial charge in [0.2, 0.25) is 0 Å². The number of hydrazine groups is 1. The molecule has 1 aliphatic heterocycles. The average molecular weight is 445 g/mol. The number of hydrogen-bond donors (Lipinski definition) is 1. The maximum absolute atomic E-state index is 15.0. The number of alkyl halides is 1. The molecule has 0 spiro atoms. The number of nitrogens with zero attached hydrogens (tertiary/aromatic N) is 1. The van der Waals surface area contributed by atoms with E-state index >= 15 is 4.39 Å². The highest BCUT2D eigenvalue weighted by Crippen LogP contribution is 2.41. The van der Waals surface area contributed by atoms with Crippen LogP contribution < -0.4 is 10.2 Å². The average Bonchev–Trinajstić information content (AvgIpc) is 3.53. The summed E-state index contributed by atoms with van der Waals surface area (Å²) in [4.78, 5) is 0. The summed E-state index contributed by atoms with van der Waals surface area (Å²) in [6, 6.07) is 12.9. The Hall–Kier alpha value is -2.43. The van der Waals surface area contributed by atoms with Gasteiger partial charge in [0.15, 0.2) is 0 Å². The number of ether oxygens (including phenoxy) is 1. The highest BCUT2D eigenvalue weighted by molar-refractivity contribution is 6.35. The lowest BCUT2D eigenvalue weighted by atomic mass is 10.1. The van der Waals surface area contributed by atoms with Gasteiger partial charge < -0.3 is 4.74 Å². The molecule has 6 heteroatoms. The molecule has 1 N–H and O–H groups in total. The third-order valence-corrected chi connectivity index (χ3v) is 5.66. The van der Waals surface area contributed by atoms with E-state index in [4.69, 9.17) is 27.9 Å². The van der Waals surface area contributed by atoms with E-state index in [1.165, 1.54) is 18.4 Å². The van der Waals surface area contributed by atoms with Crippen molar-refractivity contribution in [3.63, 3.8) is 0 Å². The highest BCUT2D eigenvalue weighted by atomic mass is 35.5. The van der Waals surface area contributed by atoms with Crippen LogP contribution in [0.15, 0.2) is 78.3 Å². The van der Waals surface area contributed by atoms with Crippen LogP contribution in [0.5, 0.6) is 5.75 Å². The van der Waals surface area contributed by atoms with Gasteiger partial charge in [-0.05, 0) is 61.1 Å². The molecule has 1 unspecified atom stereocenters. The summed E-state index contributed by atoms with van der Waals surface area (Å²) < 4.78 is 21.1. The molecule has 0 aromatic heterocycles. The number of rotatable bonds is 7. The van der Waals surface area contributed by atoms with E-state index < -0.39 is 6.17 Å². The minimum absolute atomic E-state index is 0.0426. The standard InChI is InChI=1S/C24H23Cl2FN2O/c1-15(2)24-12-20(30-19-5-3-4-17(10-19)16-6-7-16)13-29(28-24)14-23(27)21-9-8-18(25)11-22(21)26/h3-5,8-13,16,23,28H,1,6-7,14H2,2H3. The van der Waals surface area contributed by atoms with E-state index in [9.17, 15) is 0 Å². The Bertz CT molecular complexity index is 1030. The highest BCUT2D eigenvalue weighted by Gasteiger charge is 2.24. The second-order valence-electron chi connectivity index (χ2n) is 7.72. The van der Waals surface area contributed by atoms with Crippen molar-refractivity contribution in [2.24, 2.45) is 0 Å². The zero-order valence-corrected chi connectivity index (χ0v) is 18.2. The maximum Gasteiger partial charge on any atom is 0.147 e. The van der Waals surface area contributed by atoms with Crippen molar-refractivity contribution in [3.05, 3.63) is 99.5 Å². The van der Waals surface area contributed by atoms with Gasteiger partial charge in [0.25, 0.3) is 0 Å². The van der Waals surface area contributed by atoms with Crippen LogP contribution in [0.2, 0.25) is 10.0 Å². The fourth-order valence-corrected chi connectivity index (χ4v) is 3.86. The van der Waals surface area contributed by atoms with E-state index in [-0.39, 0.29) is 6.54 Å². The largest absolute Gasteiger partial charge is 0.456 e. The second-order valence-corrected chi connectivity index (χ2v) is 8.56. The van der Waals surface area contributed by atoms with Crippen LogP contribution in [0.25, 0.3) is 0 Å². The Morgan fingerprint density at radius 1 is 1.27 bits per heavy atom. The predicted molar refractivity (Wildman–Crippen MR) is 120 cm³/mol. The summed E-state index contributed by atoms with van der Waals surface area (Å²) >= 11 is 12.1. The quantitative estimate of drug-likeness (QED) is 0.493. The van der Waals surface area contributed by atoms with Crippen LogP contribution >= 0.6 is 23.2 Å². The van der Waals surface area contributed by atoms with Crippen LogP contribution in [-0.2, 0) is 0 Å². The zero-order valence-electron chi connectivity index (χ0n) is 16.7. The smallest absolute Gasteiger partial charge is 0.147 e. The second kappa shape index (κ2) is 8.75. The van der Waals surface area contributed by atoms with E-state index in [2.05, 4.69) is 24.1 Å². The molecule has 3 nitrogen and oxygen atoms in total. The van der Waals surface area contributed by atoms with Gasteiger partial charge in [-0.25, -0.2) is 4.39 Å². The van der Waals surface area contributed by atoms with Crippen molar-refractivity contribution >= 4 is 23.2 Å². The van der Waals surface area contributed by atoms with Crippen LogP contribution in [0.3, 0.4) is 0 Å². The minimum atomic E-state index is -1.32. The summed E-state index contributed by atoms with van der Waals surface area (Å²) in [7, 11) is 0. The fourth-order valence-electron chi connectivity index (χ4n) is 3.34. The SMILES string of the molecule is C=C(C)C1=CC(Oc2cccc(C3CC3)c2)=CN(CC(F)c2ccc(Cl)cc2Cl)N1. The Balaban J connectivity index is 1.53. The van der Waals surface area contributed by atoms with Gasteiger partial charge in [0.05, 0.1) is 18.4 Å². The number of hydrogen-bond acceptors (Lipinski definition) is 3. The molecule has 1 heterocycles. The molecule has 2 aromatic carbocycles. The van der Waals surface area contributed by atoms with Gasteiger partial charge in [0.1, 0.15) is 17.7 Å². The lowest BCUT2D eigenvalue weighted by Crippen LogP contribution is -2.38. The molecule has 30 heavy (non-hydrogen) atoms. The maximum atomic E-state index is 15.0. The normalized spacial score (nSPS) is 17.0. The molecule has 2 aromatic rings. The first kappa shape index (κ1) is 20.8. The number of allylic oxidation sites excluding steroid dienone is 2. The molecule has 0 bridgehead atoms. The molecule has 1 fully saturated rings. The number of halogens is 3. The van der Waals surface area contributed by atoms with Crippen LogP contribution in [0.1, 0.15) is 43.0 Å². The third-order valence-electron chi connectivity index (χ3n) is 5.09. The monoisotopic (exact) mass is 444 g/mol. The summed E-state index contributed by atoms with van der Waals surface area (Å²) in [6.07, 6.45) is 4.75. The van der Waals surface area contributed by atoms with Crippen LogP contribution in [-0.4, -0.2) is 11.6 Å². The predicted octanol–water partition coefficient (Wildman–Crippen LogP) is 7.08. The number of nitrogens with one attached hydrogen (secondary N) is 1. The first-order chi connectivity index (χ1) is 14.4. The molecule has 2 aliphatic rings. The summed E-state index contributed by atoms with van der Waals surface area (Å²) in [5.74, 6) is 2.02. The molecule has 0 radical (unpaired) electrons. The Morgan fingerprint density at radius 3 is 2.77 bits per heavy atom. The summed E-state index contributed by atoms with van der Waals surface area (Å²) in [5.41, 5.74) is 6.44. The van der Waals surface area contributed by atoms with E-state index in [0.29, 0.717) is 27.3 Å². The van der Waals surface area contributed by atoms with Crippen molar-refractivity contribution in [3.8, 4) is 5.75 Å².